The minimum absolute atomic E-state index is 0.0235. The second-order valence-electron chi connectivity index (χ2n) is 9.01. The number of H-pyrrole nitrogens is 1. The predicted octanol–water partition coefficient (Wildman–Crippen LogP) is 2.66. The number of aromatic amines is 1. The first-order valence-corrected chi connectivity index (χ1v) is 13.1. The van der Waals surface area contributed by atoms with E-state index in [2.05, 4.69) is 10.3 Å². The van der Waals surface area contributed by atoms with Crippen LogP contribution in [-0.2, 0) is 26.0 Å². The zero-order valence-corrected chi connectivity index (χ0v) is 20.5. The van der Waals surface area contributed by atoms with Crippen LogP contribution in [0.25, 0.3) is 10.9 Å². The normalized spacial score (nSPS) is 18.7. The summed E-state index contributed by atoms with van der Waals surface area (Å²) in [6.07, 6.45) is 2.25. The summed E-state index contributed by atoms with van der Waals surface area (Å²) in [6.45, 7) is 4.46. The van der Waals surface area contributed by atoms with Crippen LogP contribution in [0.4, 0.5) is 5.69 Å². The molecule has 1 aromatic heterocycles. The maximum Gasteiger partial charge on any atom is 0.265 e. The summed E-state index contributed by atoms with van der Waals surface area (Å²) in [5.41, 5.74) is 3.15. The van der Waals surface area contributed by atoms with Gasteiger partial charge in [0, 0.05) is 55.8 Å². The van der Waals surface area contributed by atoms with Gasteiger partial charge in [-0.2, -0.15) is 4.31 Å². The molecular formula is C25H28N4O5S. The Morgan fingerprint density at radius 1 is 1.14 bits per heavy atom. The SMILES string of the molecule is Cc1cc2c(cc1S(=O)(=O)N1CCN(C(=O)CCc3c[nH]c4ccccc34)CC1)O[C@H](C)C(=O)N2. The number of para-hydroxylation sites is 1. The number of aromatic nitrogens is 1. The fourth-order valence-electron chi connectivity index (χ4n) is 4.68. The summed E-state index contributed by atoms with van der Waals surface area (Å²) in [4.78, 5) is 29.8. The molecule has 0 aliphatic carbocycles. The molecule has 35 heavy (non-hydrogen) atoms. The van der Waals surface area contributed by atoms with Gasteiger partial charge < -0.3 is 19.9 Å². The van der Waals surface area contributed by atoms with Crippen molar-refractivity contribution in [3.8, 4) is 5.75 Å². The number of carbonyl (C=O) groups excluding carboxylic acids is 2. The Labute approximate surface area is 204 Å². The third kappa shape index (κ3) is 4.39. The Morgan fingerprint density at radius 2 is 1.89 bits per heavy atom. The van der Waals surface area contributed by atoms with Gasteiger partial charge in [-0.15, -0.1) is 0 Å². The van der Waals surface area contributed by atoms with E-state index in [0.29, 0.717) is 42.9 Å². The standard InChI is InChI=1S/C25H28N4O5S/c1-16-13-21-22(34-17(2)25(31)27-21)14-23(16)35(32,33)29-11-9-28(10-12-29)24(30)8-7-18-15-26-20-6-4-3-5-19(18)20/h3-6,13-15,17,26H,7-12H2,1-2H3,(H,27,31)/t17-/m1/s1. The largest absolute Gasteiger partial charge is 0.479 e. The van der Waals surface area contributed by atoms with Crippen molar-refractivity contribution in [2.75, 3.05) is 31.5 Å². The highest BCUT2D eigenvalue weighted by molar-refractivity contribution is 7.89. The number of benzene rings is 2. The maximum absolute atomic E-state index is 13.4. The molecule has 0 unspecified atom stereocenters. The molecule has 0 spiro atoms. The smallest absolute Gasteiger partial charge is 0.265 e. The number of nitrogens with zero attached hydrogens (tertiary/aromatic N) is 2. The molecule has 10 heteroatoms. The number of carbonyl (C=O) groups is 2. The van der Waals surface area contributed by atoms with Crippen LogP contribution in [0, 0.1) is 6.92 Å². The molecular weight excluding hydrogens is 468 g/mol. The number of rotatable bonds is 5. The number of nitrogens with one attached hydrogen (secondary N) is 2. The molecule has 2 amide bonds. The summed E-state index contributed by atoms with van der Waals surface area (Å²) in [5.74, 6) is 0.0979. The lowest BCUT2D eigenvalue weighted by Crippen LogP contribution is -2.50. The highest BCUT2D eigenvalue weighted by Gasteiger charge is 2.33. The van der Waals surface area contributed by atoms with Crippen LogP contribution in [0.2, 0.25) is 0 Å². The Morgan fingerprint density at radius 3 is 2.66 bits per heavy atom. The molecule has 0 saturated carbocycles. The molecule has 0 radical (unpaired) electrons. The van der Waals surface area contributed by atoms with E-state index in [1.54, 1.807) is 24.8 Å². The van der Waals surface area contributed by atoms with Crippen LogP contribution in [0.1, 0.15) is 24.5 Å². The molecule has 2 aliphatic rings. The fraction of sp³-hybridized carbons (Fsp3) is 0.360. The lowest BCUT2D eigenvalue weighted by Gasteiger charge is -2.34. The highest BCUT2D eigenvalue weighted by atomic mass is 32.2. The van der Waals surface area contributed by atoms with Crippen molar-refractivity contribution in [1.29, 1.82) is 0 Å². The van der Waals surface area contributed by atoms with Crippen LogP contribution in [0.5, 0.6) is 5.75 Å². The summed E-state index contributed by atoms with van der Waals surface area (Å²) in [6, 6.07) is 11.1. The second-order valence-corrected chi connectivity index (χ2v) is 10.9. The fourth-order valence-corrected chi connectivity index (χ4v) is 6.32. The molecule has 3 heterocycles. The molecule has 3 aromatic rings. The lowest BCUT2D eigenvalue weighted by molar-refractivity contribution is -0.132. The van der Waals surface area contributed by atoms with Crippen LogP contribution in [0.15, 0.2) is 47.5 Å². The molecule has 184 valence electrons. The molecule has 0 bridgehead atoms. The van der Waals surface area contributed by atoms with E-state index in [-0.39, 0.29) is 29.8 Å². The number of aryl methyl sites for hydroxylation is 2. The number of fused-ring (bicyclic) bond motifs is 2. The number of hydrogen-bond donors (Lipinski definition) is 2. The summed E-state index contributed by atoms with van der Waals surface area (Å²) < 4.78 is 33.8. The molecule has 2 aliphatic heterocycles. The van der Waals surface area contributed by atoms with Gasteiger partial charge in [-0.05, 0) is 43.5 Å². The van der Waals surface area contributed by atoms with E-state index in [1.165, 1.54) is 10.4 Å². The molecule has 2 N–H and O–H groups in total. The Kier molecular flexibility index (Phi) is 6.02. The molecule has 1 saturated heterocycles. The number of hydrogen-bond acceptors (Lipinski definition) is 5. The third-order valence-electron chi connectivity index (χ3n) is 6.70. The van der Waals surface area contributed by atoms with Crippen LogP contribution >= 0.6 is 0 Å². The van der Waals surface area contributed by atoms with Gasteiger partial charge in [0.2, 0.25) is 15.9 Å². The molecule has 1 atom stereocenters. The molecule has 9 nitrogen and oxygen atoms in total. The van der Waals surface area contributed by atoms with Crippen LogP contribution in [-0.4, -0.2) is 66.7 Å². The number of amides is 2. The second kappa shape index (κ2) is 9.01. The zero-order valence-electron chi connectivity index (χ0n) is 19.7. The molecule has 1 fully saturated rings. The summed E-state index contributed by atoms with van der Waals surface area (Å²) >= 11 is 0. The van der Waals surface area contributed by atoms with Crippen molar-refractivity contribution < 1.29 is 22.7 Å². The van der Waals surface area contributed by atoms with Crippen molar-refractivity contribution in [2.24, 2.45) is 0 Å². The zero-order chi connectivity index (χ0) is 24.7. The maximum atomic E-state index is 13.4. The van der Waals surface area contributed by atoms with Gasteiger partial charge in [0.25, 0.3) is 5.91 Å². The molecule has 5 rings (SSSR count). The first-order valence-electron chi connectivity index (χ1n) is 11.7. The molecule has 2 aromatic carbocycles. The predicted molar refractivity (Wildman–Crippen MR) is 132 cm³/mol. The first kappa shape index (κ1) is 23.4. The van der Waals surface area contributed by atoms with Crippen LogP contribution in [0.3, 0.4) is 0 Å². The Balaban J connectivity index is 1.23. The highest BCUT2D eigenvalue weighted by Crippen LogP contribution is 2.35. The minimum Gasteiger partial charge on any atom is -0.479 e. The van der Waals surface area contributed by atoms with Gasteiger partial charge in [0.1, 0.15) is 5.75 Å². The third-order valence-corrected chi connectivity index (χ3v) is 8.74. The van der Waals surface area contributed by atoms with Crippen LogP contribution < -0.4 is 10.1 Å². The monoisotopic (exact) mass is 496 g/mol. The number of piperazine rings is 1. The van der Waals surface area contributed by atoms with E-state index >= 15 is 0 Å². The average molecular weight is 497 g/mol. The van der Waals surface area contributed by atoms with E-state index in [4.69, 9.17) is 4.74 Å². The summed E-state index contributed by atoms with van der Waals surface area (Å²) in [5, 5.41) is 3.86. The first-order chi connectivity index (χ1) is 16.7. The number of anilines is 1. The van der Waals surface area contributed by atoms with E-state index in [1.807, 2.05) is 30.5 Å². The Hall–Kier alpha value is -3.37. The average Bonchev–Trinajstić information content (AvgIpc) is 3.26. The summed E-state index contributed by atoms with van der Waals surface area (Å²) in [7, 11) is -3.78. The van der Waals surface area contributed by atoms with E-state index < -0.39 is 16.1 Å². The van der Waals surface area contributed by atoms with Gasteiger partial charge in [0.05, 0.1) is 10.6 Å². The number of ether oxygens (including phenoxy) is 1. The van der Waals surface area contributed by atoms with Gasteiger partial charge in [0.15, 0.2) is 6.10 Å². The number of sulfonamides is 1. The van der Waals surface area contributed by atoms with Crippen molar-refractivity contribution in [3.63, 3.8) is 0 Å². The van der Waals surface area contributed by atoms with Gasteiger partial charge in [-0.1, -0.05) is 18.2 Å². The van der Waals surface area contributed by atoms with Crippen molar-refractivity contribution in [2.45, 2.75) is 37.7 Å². The lowest BCUT2D eigenvalue weighted by atomic mass is 10.1. The topological polar surface area (TPSA) is 112 Å². The van der Waals surface area contributed by atoms with Crippen molar-refractivity contribution in [1.82, 2.24) is 14.2 Å². The Bertz CT molecular complexity index is 1410. The van der Waals surface area contributed by atoms with Crippen molar-refractivity contribution in [3.05, 3.63) is 53.7 Å². The van der Waals surface area contributed by atoms with Gasteiger partial charge in [-0.3, -0.25) is 9.59 Å². The van der Waals surface area contributed by atoms with E-state index in [0.717, 1.165) is 16.5 Å². The van der Waals surface area contributed by atoms with E-state index in [9.17, 15) is 18.0 Å². The van der Waals surface area contributed by atoms with Crippen molar-refractivity contribution >= 4 is 38.4 Å². The quantitative estimate of drug-likeness (QED) is 0.564. The minimum atomic E-state index is -3.78. The van der Waals surface area contributed by atoms with Gasteiger partial charge >= 0.3 is 0 Å². The van der Waals surface area contributed by atoms with Gasteiger partial charge in [-0.25, -0.2) is 8.42 Å².